The largest absolute Gasteiger partial charge is 0.475 e. The summed E-state index contributed by atoms with van der Waals surface area (Å²) in [4.78, 5) is 36.5. The number of carboxylic acid groups (broad SMARTS) is 1. The molecule has 0 bridgehead atoms. The molecule has 1 aliphatic carbocycles. The number of nitrogens with zero attached hydrogens (tertiary/aromatic N) is 1. The minimum absolute atomic E-state index is 0.104. The van der Waals surface area contributed by atoms with E-state index >= 15 is 0 Å². The van der Waals surface area contributed by atoms with Gasteiger partial charge < -0.3 is 9.52 Å². The van der Waals surface area contributed by atoms with Crippen LogP contribution in [-0.2, 0) is 16.1 Å². The van der Waals surface area contributed by atoms with E-state index in [0.29, 0.717) is 11.3 Å². The van der Waals surface area contributed by atoms with Crippen LogP contribution in [0, 0.1) is 18.8 Å². The summed E-state index contributed by atoms with van der Waals surface area (Å²) in [5, 5.41) is 8.88. The van der Waals surface area contributed by atoms with E-state index in [1.165, 1.54) is 11.0 Å². The van der Waals surface area contributed by atoms with Gasteiger partial charge in [0.1, 0.15) is 5.76 Å². The zero-order valence-corrected chi connectivity index (χ0v) is 11.1. The third-order valence-corrected chi connectivity index (χ3v) is 4.24. The molecule has 1 aromatic rings. The Balaban J connectivity index is 1.83. The van der Waals surface area contributed by atoms with Crippen LogP contribution in [0.15, 0.2) is 10.5 Å². The zero-order valence-electron chi connectivity index (χ0n) is 11.1. The Labute approximate surface area is 115 Å². The minimum atomic E-state index is -1.16. The fraction of sp³-hybridized carbons (Fsp3) is 0.500. The molecule has 6 nitrogen and oxygen atoms in total. The lowest BCUT2D eigenvalue weighted by atomic mass is 10.00. The maximum atomic E-state index is 12.2. The Morgan fingerprint density at radius 1 is 1.35 bits per heavy atom. The van der Waals surface area contributed by atoms with E-state index in [1.807, 2.05) is 0 Å². The standard InChI is InChI=1S/C14H15NO5/c1-7-8(5-11(20-7)14(18)19)6-15-12(16)9-3-2-4-10(9)13(15)17/h5,9-10H,2-4,6H2,1H3,(H,18,19). The van der Waals surface area contributed by atoms with Crippen molar-refractivity contribution in [2.45, 2.75) is 32.7 Å². The van der Waals surface area contributed by atoms with Crippen LogP contribution < -0.4 is 0 Å². The quantitative estimate of drug-likeness (QED) is 0.847. The minimum Gasteiger partial charge on any atom is -0.475 e. The van der Waals surface area contributed by atoms with Gasteiger partial charge in [-0.25, -0.2) is 4.79 Å². The second-order valence-corrected chi connectivity index (χ2v) is 5.40. The Hall–Kier alpha value is -2.11. The summed E-state index contributed by atoms with van der Waals surface area (Å²) in [5.74, 6) is -1.50. The molecule has 1 saturated heterocycles. The molecular formula is C14H15NO5. The second-order valence-electron chi connectivity index (χ2n) is 5.40. The number of carbonyl (C=O) groups excluding carboxylic acids is 2. The van der Waals surface area contributed by atoms with Gasteiger partial charge in [-0.2, -0.15) is 0 Å². The molecule has 1 aromatic heterocycles. The van der Waals surface area contributed by atoms with E-state index in [0.717, 1.165) is 19.3 Å². The average molecular weight is 277 g/mol. The molecule has 2 unspecified atom stereocenters. The number of imide groups is 1. The first-order chi connectivity index (χ1) is 9.49. The molecule has 20 heavy (non-hydrogen) atoms. The highest BCUT2D eigenvalue weighted by molar-refractivity contribution is 6.05. The lowest BCUT2D eigenvalue weighted by molar-refractivity contribution is -0.141. The third-order valence-electron chi connectivity index (χ3n) is 4.24. The number of fused-ring (bicyclic) bond motifs is 1. The van der Waals surface area contributed by atoms with E-state index in [4.69, 9.17) is 9.52 Å². The molecule has 106 valence electrons. The van der Waals surface area contributed by atoms with E-state index in [1.54, 1.807) is 6.92 Å². The van der Waals surface area contributed by atoms with Gasteiger partial charge in [0, 0.05) is 5.56 Å². The lowest BCUT2D eigenvalue weighted by Gasteiger charge is -2.15. The summed E-state index contributed by atoms with van der Waals surface area (Å²) in [7, 11) is 0. The zero-order chi connectivity index (χ0) is 14.4. The summed E-state index contributed by atoms with van der Waals surface area (Å²) in [5.41, 5.74) is 0.573. The van der Waals surface area contributed by atoms with Crippen molar-refractivity contribution in [3.8, 4) is 0 Å². The number of carbonyl (C=O) groups is 3. The molecule has 0 aromatic carbocycles. The molecule has 3 rings (SSSR count). The SMILES string of the molecule is Cc1oc(C(=O)O)cc1CN1C(=O)C2CCCC2C1=O. The van der Waals surface area contributed by atoms with Gasteiger partial charge in [-0.3, -0.25) is 14.5 Å². The van der Waals surface area contributed by atoms with E-state index in [2.05, 4.69) is 0 Å². The molecule has 1 N–H and O–H groups in total. The molecule has 1 saturated carbocycles. The summed E-state index contributed by atoms with van der Waals surface area (Å²) in [6.07, 6.45) is 2.47. The van der Waals surface area contributed by atoms with Crippen molar-refractivity contribution in [1.29, 1.82) is 0 Å². The van der Waals surface area contributed by atoms with Crippen LogP contribution >= 0.6 is 0 Å². The van der Waals surface area contributed by atoms with Gasteiger partial charge >= 0.3 is 5.97 Å². The molecular weight excluding hydrogens is 262 g/mol. The first kappa shape index (κ1) is 12.9. The normalized spacial score (nSPS) is 25.4. The summed E-state index contributed by atoms with van der Waals surface area (Å²) >= 11 is 0. The Kier molecular flexibility index (Phi) is 2.88. The molecule has 2 amide bonds. The van der Waals surface area contributed by atoms with Crippen molar-refractivity contribution < 1.29 is 23.9 Å². The topological polar surface area (TPSA) is 87.8 Å². The van der Waals surface area contributed by atoms with Crippen LogP contribution in [0.1, 0.15) is 41.1 Å². The highest BCUT2D eigenvalue weighted by atomic mass is 16.4. The van der Waals surface area contributed by atoms with Crippen LogP contribution in [0.4, 0.5) is 0 Å². The van der Waals surface area contributed by atoms with Gasteiger partial charge in [-0.05, 0) is 25.8 Å². The van der Waals surface area contributed by atoms with Crippen LogP contribution in [0.3, 0.4) is 0 Å². The van der Waals surface area contributed by atoms with E-state index in [-0.39, 0.29) is 36.0 Å². The molecule has 0 spiro atoms. The maximum absolute atomic E-state index is 12.2. The molecule has 2 heterocycles. The van der Waals surface area contributed by atoms with E-state index in [9.17, 15) is 14.4 Å². The van der Waals surface area contributed by atoms with Gasteiger partial charge in [0.25, 0.3) is 0 Å². The third kappa shape index (κ3) is 1.83. The smallest absolute Gasteiger partial charge is 0.371 e. The highest BCUT2D eigenvalue weighted by Gasteiger charge is 2.49. The first-order valence-corrected chi connectivity index (χ1v) is 6.67. The van der Waals surface area contributed by atoms with Crippen LogP contribution in [0.5, 0.6) is 0 Å². The fourth-order valence-corrected chi connectivity index (χ4v) is 3.17. The Morgan fingerprint density at radius 2 is 1.95 bits per heavy atom. The van der Waals surface area contributed by atoms with Crippen molar-refractivity contribution in [3.05, 3.63) is 23.2 Å². The number of rotatable bonds is 3. The number of hydrogen-bond donors (Lipinski definition) is 1. The fourth-order valence-electron chi connectivity index (χ4n) is 3.17. The summed E-state index contributed by atoms with van der Waals surface area (Å²) in [6.45, 7) is 1.74. The monoisotopic (exact) mass is 277 g/mol. The van der Waals surface area contributed by atoms with Crippen molar-refractivity contribution >= 4 is 17.8 Å². The molecule has 2 aliphatic rings. The molecule has 1 aliphatic heterocycles. The predicted molar refractivity (Wildman–Crippen MR) is 66.8 cm³/mol. The van der Waals surface area contributed by atoms with Gasteiger partial charge in [0.15, 0.2) is 0 Å². The number of aromatic carboxylic acids is 1. The van der Waals surface area contributed by atoms with Gasteiger partial charge in [0.05, 0.1) is 18.4 Å². The first-order valence-electron chi connectivity index (χ1n) is 6.67. The second kappa shape index (κ2) is 4.47. The number of aryl methyl sites for hydroxylation is 1. The lowest BCUT2D eigenvalue weighted by Crippen LogP contribution is -2.31. The number of carboxylic acids is 1. The Morgan fingerprint density at radius 3 is 2.45 bits per heavy atom. The molecule has 6 heteroatoms. The van der Waals surface area contributed by atoms with Gasteiger partial charge in [-0.1, -0.05) is 6.42 Å². The van der Waals surface area contributed by atoms with Crippen LogP contribution in [-0.4, -0.2) is 27.8 Å². The number of likely N-dealkylation sites (tertiary alicyclic amines) is 1. The predicted octanol–water partition coefficient (Wildman–Crippen LogP) is 1.57. The molecule has 0 radical (unpaired) electrons. The Bertz CT molecular complexity index is 581. The van der Waals surface area contributed by atoms with E-state index < -0.39 is 5.97 Å². The molecule has 2 atom stereocenters. The van der Waals surface area contributed by atoms with Gasteiger partial charge in [-0.15, -0.1) is 0 Å². The average Bonchev–Trinajstić information content (AvgIpc) is 3.05. The van der Waals surface area contributed by atoms with Crippen molar-refractivity contribution in [3.63, 3.8) is 0 Å². The number of amides is 2. The van der Waals surface area contributed by atoms with Gasteiger partial charge in [0.2, 0.25) is 17.6 Å². The number of furan rings is 1. The van der Waals surface area contributed by atoms with Crippen LogP contribution in [0.2, 0.25) is 0 Å². The van der Waals surface area contributed by atoms with Crippen molar-refractivity contribution in [2.75, 3.05) is 0 Å². The van der Waals surface area contributed by atoms with Crippen molar-refractivity contribution in [2.24, 2.45) is 11.8 Å². The van der Waals surface area contributed by atoms with Crippen LogP contribution in [0.25, 0.3) is 0 Å². The highest BCUT2D eigenvalue weighted by Crippen LogP contribution is 2.40. The molecule has 2 fully saturated rings. The van der Waals surface area contributed by atoms with Crippen molar-refractivity contribution in [1.82, 2.24) is 4.90 Å². The summed E-state index contributed by atoms with van der Waals surface area (Å²) in [6, 6.07) is 1.38. The number of hydrogen-bond acceptors (Lipinski definition) is 4. The maximum Gasteiger partial charge on any atom is 0.371 e. The summed E-state index contributed by atoms with van der Waals surface area (Å²) < 4.78 is 5.10.